The average Bonchev–Trinajstić information content (AvgIpc) is 1.91. The molecule has 0 aromatic carbocycles. The van der Waals surface area contributed by atoms with E-state index in [-0.39, 0.29) is 5.48 Å². The van der Waals surface area contributed by atoms with Gasteiger partial charge in [0.2, 0.25) is 0 Å². The zero-order chi connectivity index (χ0) is 6.53. The maximum absolute atomic E-state index is 7.94. The summed E-state index contributed by atoms with van der Waals surface area (Å²) in [4.78, 5) is 2.57. The van der Waals surface area contributed by atoms with Gasteiger partial charge >= 0.3 is 0 Å². The zero-order valence-electron chi connectivity index (χ0n) is 5.14. The molecule has 1 rings (SSSR count). The summed E-state index contributed by atoms with van der Waals surface area (Å²) in [6.45, 7) is 0. The lowest BCUT2D eigenvalue weighted by atomic mass is 10.4. The van der Waals surface area contributed by atoms with Crippen LogP contribution in [0.4, 0.5) is 0 Å². The van der Waals surface area contributed by atoms with E-state index in [1.54, 1.807) is 18.2 Å². The Morgan fingerprint density at radius 3 is 2.80 bits per heavy atom. The van der Waals surface area contributed by atoms with Gasteiger partial charge in [0.25, 0.3) is 0 Å². The maximum Gasteiger partial charge on any atom is 0.195 e. The third-order valence-corrected chi connectivity index (χ3v) is 0.849. The fourth-order valence-corrected chi connectivity index (χ4v) is 0.492. The molecule has 0 bridgehead atoms. The van der Waals surface area contributed by atoms with Gasteiger partial charge in [0.1, 0.15) is 0 Å². The second-order valence-corrected chi connectivity index (χ2v) is 1.44. The van der Waals surface area contributed by atoms with Gasteiger partial charge in [0.15, 0.2) is 6.23 Å². The summed E-state index contributed by atoms with van der Waals surface area (Å²) in [5, 5.41) is 3.30. The minimum Gasteiger partial charge on any atom is -0.488 e. The van der Waals surface area contributed by atoms with Crippen molar-refractivity contribution in [2.45, 2.75) is 6.23 Å². The molecule has 5 nitrogen and oxygen atoms in total. The molecule has 0 spiro atoms. The van der Waals surface area contributed by atoms with Gasteiger partial charge in [-0.15, -0.1) is 0 Å². The Bertz CT molecular complexity index is 193. The molecule has 0 aromatic rings. The van der Waals surface area contributed by atoms with Crippen LogP contribution < -0.4 is 0 Å². The SMILES string of the molecule is O.[N-]=[N+]=NC1C=CC=CO1. The fraction of sp³-hybridized carbons (Fsp3) is 0.200. The lowest BCUT2D eigenvalue weighted by Crippen LogP contribution is -2.01. The van der Waals surface area contributed by atoms with Crippen molar-refractivity contribution in [3.63, 3.8) is 0 Å². The van der Waals surface area contributed by atoms with E-state index in [1.807, 2.05) is 0 Å². The first-order chi connectivity index (χ1) is 4.43. The van der Waals surface area contributed by atoms with Crippen molar-refractivity contribution in [2.75, 3.05) is 0 Å². The Hall–Kier alpha value is -1.45. The Labute approximate surface area is 57.5 Å². The van der Waals surface area contributed by atoms with E-state index in [2.05, 4.69) is 10.0 Å². The van der Waals surface area contributed by atoms with Crippen molar-refractivity contribution >= 4 is 0 Å². The summed E-state index contributed by atoms with van der Waals surface area (Å²) in [5.41, 5.74) is 7.94. The van der Waals surface area contributed by atoms with Crippen LogP contribution in [0, 0.1) is 0 Å². The number of nitrogens with zero attached hydrogens (tertiary/aromatic N) is 3. The highest BCUT2D eigenvalue weighted by Gasteiger charge is 1.99. The normalized spacial score (nSPS) is 20.2. The van der Waals surface area contributed by atoms with Crippen molar-refractivity contribution in [3.8, 4) is 0 Å². The third kappa shape index (κ3) is 2.21. The van der Waals surface area contributed by atoms with Crippen LogP contribution in [0.3, 0.4) is 0 Å². The minimum absolute atomic E-state index is 0. The highest BCUT2D eigenvalue weighted by Crippen LogP contribution is 2.02. The molecule has 2 N–H and O–H groups in total. The molecule has 0 amide bonds. The molecule has 0 saturated heterocycles. The van der Waals surface area contributed by atoms with E-state index in [1.165, 1.54) is 6.26 Å². The Morgan fingerprint density at radius 1 is 1.50 bits per heavy atom. The molecule has 0 saturated carbocycles. The summed E-state index contributed by atoms with van der Waals surface area (Å²) < 4.78 is 4.83. The Balaban J connectivity index is 0.000000810. The van der Waals surface area contributed by atoms with E-state index in [9.17, 15) is 0 Å². The number of rotatable bonds is 1. The van der Waals surface area contributed by atoms with Gasteiger partial charge in [-0.25, -0.2) is 0 Å². The van der Waals surface area contributed by atoms with Crippen LogP contribution in [0.5, 0.6) is 0 Å². The van der Waals surface area contributed by atoms with Crippen molar-refractivity contribution in [1.82, 2.24) is 0 Å². The van der Waals surface area contributed by atoms with Gasteiger partial charge in [-0.2, -0.15) is 0 Å². The number of hydrogen-bond donors (Lipinski definition) is 0. The second kappa shape index (κ2) is 4.43. The summed E-state index contributed by atoms with van der Waals surface area (Å²) >= 11 is 0. The lowest BCUT2D eigenvalue weighted by Gasteiger charge is -2.06. The largest absolute Gasteiger partial charge is 0.488 e. The highest BCUT2D eigenvalue weighted by molar-refractivity contribution is 5.06. The first kappa shape index (κ1) is 8.55. The van der Waals surface area contributed by atoms with Crippen LogP contribution in [-0.2, 0) is 4.74 Å². The lowest BCUT2D eigenvalue weighted by molar-refractivity contribution is 0.190. The molecule has 0 aromatic heterocycles. The Morgan fingerprint density at radius 2 is 2.30 bits per heavy atom. The van der Waals surface area contributed by atoms with Crippen LogP contribution in [0.1, 0.15) is 0 Å². The van der Waals surface area contributed by atoms with E-state index in [4.69, 9.17) is 10.3 Å². The van der Waals surface area contributed by atoms with Crippen molar-refractivity contribution in [1.29, 1.82) is 0 Å². The molecule has 10 heavy (non-hydrogen) atoms. The standard InChI is InChI=1S/C5H5N3O.H2O/c6-8-7-5-3-1-2-4-9-5;/h1-5H;1H2. The molecule has 0 aliphatic carbocycles. The zero-order valence-corrected chi connectivity index (χ0v) is 5.14. The van der Waals surface area contributed by atoms with E-state index >= 15 is 0 Å². The maximum atomic E-state index is 7.94. The smallest absolute Gasteiger partial charge is 0.195 e. The second-order valence-electron chi connectivity index (χ2n) is 1.44. The summed E-state index contributed by atoms with van der Waals surface area (Å²) in [7, 11) is 0. The molecule has 5 heteroatoms. The van der Waals surface area contributed by atoms with Crippen LogP contribution in [0.2, 0.25) is 0 Å². The molecular weight excluding hydrogens is 134 g/mol. The molecule has 1 aliphatic rings. The summed E-state index contributed by atoms with van der Waals surface area (Å²) in [6.07, 6.45) is 6.19. The van der Waals surface area contributed by atoms with Gasteiger partial charge in [-0.3, -0.25) is 0 Å². The van der Waals surface area contributed by atoms with Crippen LogP contribution in [0.25, 0.3) is 10.4 Å². The predicted molar refractivity (Wildman–Crippen MR) is 35.9 cm³/mol. The minimum atomic E-state index is -0.458. The topological polar surface area (TPSA) is 89.5 Å². The molecule has 54 valence electrons. The van der Waals surface area contributed by atoms with Crippen molar-refractivity contribution in [3.05, 3.63) is 34.9 Å². The first-order valence-corrected chi connectivity index (χ1v) is 2.46. The molecule has 1 unspecified atom stereocenters. The quantitative estimate of drug-likeness (QED) is 0.303. The van der Waals surface area contributed by atoms with Gasteiger partial charge in [0, 0.05) is 4.91 Å². The van der Waals surface area contributed by atoms with Gasteiger partial charge in [0.05, 0.1) is 6.26 Å². The van der Waals surface area contributed by atoms with Crippen LogP contribution in [-0.4, -0.2) is 11.7 Å². The van der Waals surface area contributed by atoms with Crippen molar-refractivity contribution in [2.24, 2.45) is 5.11 Å². The molecule has 1 atom stereocenters. The summed E-state index contributed by atoms with van der Waals surface area (Å²) in [5.74, 6) is 0. The average molecular weight is 141 g/mol. The van der Waals surface area contributed by atoms with Crippen LogP contribution >= 0.6 is 0 Å². The molecule has 0 radical (unpaired) electrons. The van der Waals surface area contributed by atoms with Crippen molar-refractivity contribution < 1.29 is 10.2 Å². The number of hydrogen-bond acceptors (Lipinski definition) is 2. The van der Waals surface area contributed by atoms with E-state index < -0.39 is 6.23 Å². The summed E-state index contributed by atoms with van der Waals surface area (Å²) in [6, 6.07) is 0. The van der Waals surface area contributed by atoms with Crippen LogP contribution in [0.15, 0.2) is 29.6 Å². The van der Waals surface area contributed by atoms with Gasteiger partial charge in [-0.1, -0.05) is 6.08 Å². The Kier molecular flexibility index (Phi) is 3.79. The monoisotopic (exact) mass is 141 g/mol. The predicted octanol–water partition coefficient (Wildman–Crippen LogP) is 0.898. The van der Waals surface area contributed by atoms with E-state index in [0.717, 1.165) is 0 Å². The van der Waals surface area contributed by atoms with Gasteiger partial charge < -0.3 is 10.2 Å². The van der Waals surface area contributed by atoms with E-state index in [0.29, 0.717) is 0 Å². The molecular formula is C5H7N3O2. The van der Waals surface area contributed by atoms with Gasteiger partial charge in [-0.05, 0) is 22.8 Å². The number of ether oxygens (including phenoxy) is 1. The molecule has 1 aliphatic heterocycles. The fourth-order valence-electron chi connectivity index (χ4n) is 0.492. The first-order valence-electron chi connectivity index (χ1n) is 2.46. The number of allylic oxidation sites excluding steroid dienone is 2. The third-order valence-electron chi connectivity index (χ3n) is 0.849. The molecule has 1 heterocycles. The molecule has 0 fully saturated rings. The number of azide groups is 1. The highest BCUT2D eigenvalue weighted by atomic mass is 16.5.